The van der Waals surface area contributed by atoms with E-state index in [1.807, 2.05) is 12.3 Å². The number of pyridine rings is 1. The van der Waals surface area contributed by atoms with Crippen LogP contribution >= 0.6 is 15.9 Å². The van der Waals surface area contributed by atoms with Gasteiger partial charge in [0.05, 0.1) is 11.7 Å². The summed E-state index contributed by atoms with van der Waals surface area (Å²) in [6.45, 7) is 7.40. The smallest absolute Gasteiger partial charge is 0.0683 e. The maximum absolute atomic E-state index is 4.43. The second kappa shape index (κ2) is 6.81. The van der Waals surface area contributed by atoms with Gasteiger partial charge in [-0.05, 0) is 54.9 Å². The summed E-state index contributed by atoms with van der Waals surface area (Å²) in [5.41, 5.74) is 2.37. The number of allylic oxidation sites excluding steroid dienone is 1. The third-order valence-corrected chi connectivity index (χ3v) is 2.65. The van der Waals surface area contributed by atoms with Crippen molar-refractivity contribution in [1.82, 2.24) is 10.3 Å². The van der Waals surface area contributed by atoms with Crippen LogP contribution in [0.5, 0.6) is 0 Å². The molecule has 0 bridgehead atoms. The van der Waals surface area contributed by atoms with Gasteiger partial charge in [0.2, 0.25) is 0 Å². The summed E-state index contributed by atoms with van der Waals surface area (Å²) in [4.78, 5) is 4.43. The monoisotopic (exact) mass is 282 g/mol. The van der Waals surface area contributed by atoms with Crippen molar-refractivity contribution >= 4 is 15.9 Å². The van der Waals surface area contributed by atoms with Crippen molar-refractivity contribution in [2.24, 2.45) is 0 Å². The fourth-order valence-electron chi connectivity index (χ4n) is 1.45. The van der Waals surface area contributed by atoms with E-state index in [4.69, 9.17) is 0 Å². The first-order valence-corrected chi connectivity index (χ1v) is 6.42. The molecule has 0 aliphatic heterocycles. The van der Waals surface area contributed by atoms with Crippen molar-refractivity contribution in [3.05, 3.63) is 40.1 Å². The molecule has 0 amide bonds. The Bertz CT molecular complexity index is 339. The fourth-order valence-corrected chi connectivity index (χ4v) is 1.69. The molecule has 0 aromatic carbocycles. The zero-order valence-electron chi connectivity index (χ0n) is 10.1. The molecule has 1 atom stereocenters. The van der Waals surface area contributed by atoms with Crippen LogP contribution in [-0.2, 0) is 0 Å². The van der Waals surface area contributed by atoms with Crippen LogP contribution in [0.4, 0.5) is 0 Å². The molecule has 0 aliphatic carbocycles. The zero-order valence-corrected chi connectivity index (χ0v) is 11.7. The molecular formula is C13H19BrN2. The molecule has 0 radical (unpaired) electrons. The summed E-state index contributed by atoms with van der Waals surface area (Å²) in [6, 6.07) is 4.30. The Hall–Kier alpha value is -0.670. The van der Waals surface area contributed by atoms with Gasteiger partial charge in [0.25, 0.3) is 0 Å². The Kier molecular flexibility index (Phi) is 5.71. The molecule has 0 saturated heterocycles. The number of aromatic nitrogens is 1. The van der Waals surface area contributed by atoms with Crippen LogP contribution < -0.4 is 5.32 Å². The molecule has 0 aliphatic rings. The largest absolute Gasteiger partial charge is 0.305 e. The topological polar surface area (TPSA) is 24.9 Å². The molecule has 1 rings (SSSR count). The summed E-state index contributed by atoms with van der Waals surface area (Å²) < 4.78 is 1.02. The van der Waals surface area contributed by atoms with Crippen molar-refractivity contribution in [2.45, 2.75) is 33.2 Å². The number of hydrogen-bond donors (Lipinski definition) is 1. The van der Waals surface area contributed by atoms with E-state index in [1.165, 1.54) is 5.57 Å². The predicted octanol–water partition coefficient (Wildman–Crippen LogP) is 3.85. The van der Waals surface area contributed by atoms with Crippen molar-refractivity contribution in [3.63, 3.8) is 0 Å². The Morgan fingerprint density at radius 2 is 2.25 bits per heavy atom. The first kappa shape index (κ1) is 13.4. The number of rotatable bonds is 5. The Morgan fingerprint density at radius 1 is 1.50 bits per heavy atom. The highest BCUT2D eigenvalue weighted by molar-refractivity contribution is 9.10. The molecule has 1 aromatic rings. The highest BCUT2D eigenvalue weighted by atomic mass is 79.9. The minimum absolute atomic E-state index is 0.220. The van der Waals surface area contributed by atoms with E-state index in [0.29, 0.717) is 0 Å². The SMILES string of the molecule is CCCNC(C=C(C)C)c1ccc(Br)cn1. The average molecular weight is 283 g/mol. The lowest BCUT2D eigenvalue weighted by atomic mass is 10.1. The fraction of sp³-hybridized carbons (Fsp3) is 0.462. The van der Waals surface area contributed by atoms with Gasteiger partial charge in [-0.15, -0.1) is 0 Å². The minimum atomic E-state index is 0.220. The number of halogens is 1. The van der Waals surface area contributed by atoms with Gasteiger partial charge in [0.1, 0.15) is 0 Å². The van der Waals surface area contributed by atoms with E-state index in [-0.39, 0.29) is 6.04 Å². The second-order valence-corrected chi connectivity index (χ2v) is 4.99. The van der Waals surface area contributed by atoms with Crippen LogP contribution in [0.1, 0.15) is 38.9 Å². The Labute approximate surface area is 106 Å². The van der Waals surface area contributed by atoms with E-state index in [1.54, 1.807) is 0 Å². The van der Waals surface area contributed by atoms with E-state index in [2.05, 4.69) is 59.1 Å². The molecule has 3 heteroatoms. The van der Waals surface area contributed by atoms with Gasteiger partial charge in [0.15, 0.2) is 0 Å². The lowest BCUT2D eigenvalue weighted by Crippen LogP contribution is -2.21. The van der Waals surface area contributed by atoms with Crippen molar-refractivity contribution in [3.8, 4) is 0 Å². The second-order valence-electron chi connectivity index (χ2n) is 4.08. The van der Waals surface area contributed by atoms with Crippen LogP contribution in [0.25, 0.3) is 0 Å². The van der Waals surface area contributed by atoms with Crippen LogP contribution in [0.2, 0.25) is 0 Å². The Balaban J connectivity index is 2.83. The normalized spacial score (nSPS) is 12.2. The van der Waals surface area contributed by atoms with Gasteiger partial charge in [0, 0.05) is 10.7 Å². The number of hydrogen-bond acceptors (Lipinski definition) is 2. The van der Waals surface area contributed by atoms with Crippen molar-refractivity contribution < 1.29 is 0 Å². The van der Waals surface area contributed by atoms with E-state index >= 15 is 0 Å². The number of nitrogens with zero attached hydrogens (tertiary/aromatic N) is 1. The van der Waals surface area contributed by atoms with Gasteiger partial charge in [-0.3, -0.25) is 4.98 Å². The molecule has 0 saturated carbocycles. The first-order valence-electron chi connectivity index (χ1n) is 5.63. The van der Waals surface area contributed by atoms with Crippen LogP contribution in [0, 0.1) is 0 Å². The quantitative estimate of drug-likeness (QED) is 0.830. The average Bonchev–Trinajstić information content (AvgIpc) is 2.25. The lowest BCUT2D eigenvalue weighted by molar-refractivity contribution is 0.598. The molecule has 1 aromatic heterocycles. The molecule has 0 fully saturated rings. The standard InChI is InChI=1S/C13H19BrN2/c1-4-7-15-13(8-10(2)3)12-6-5-11(14)9-16-12/h5-6,8-9,13,15H,4,7H2,1-3H3. The predicted molar refractivity (Wildman–Crippen MR) is 72.4 cm³/mol. The summed E-state index contributed by atoms with van der Waals surface area (Å²) in [5.74, 6) is 0. The summed E-state index contributed by atoms with van der Waals surface area (Å²) in [7, 11) is 0. The third-order valence-electron chi connectivity index (χ3n) is 2.18. The van der Waals surface area contributed by atoms with Gasteiger partial charge in [-0.1, -0.05) is 18.6 Å². The highest BCUT2D eigenvalue weighted by Crippen LogP contribution is 2.16. The Morgan fingerprint density at radius 3 is 2.75 bits per heavy atom. The van der Waals surface area contributed by atoms with Gasteiger partial charge < -0.3 is 5.32 Å². The number of nitrogens with one attached hydrogen (secondary N) is 1. The molecule has 1 unspecified atom stereocenters. The minimum Gasteiger partial charge on any atom is -0.305 e. The maximum Gasteiger partial charge on any atom is 0.0683 e. The summed E-state index contributed by atoms with van der Waals surface area (Å²) in [5, 5.41) is 3.48. The van der Waals surface area contributed by atoms with Gasteiger partial charge in [-0.25, -0.2) is 0 Å². The molecular weight excluding hydrogens is 264 g/mol. The first-order chi connectivity index (χ1) is 7.63. The van der Waals surface area contributed by atoms with E-state index < -0.39 is 0 Å². The summed E-state index contributed by atoms with van der Waals surface area (Å²) in [6.07, 6.45) is 5.18. The van der Waals surface area contributed by atoms with Gasteiger partial charge >= 0.3 is 0 Å². The molecule has 1 N–H and O–H groups in total. The van der Waals surface area contributed by atoms with Crippen molar-refractivity contribution in [1.29, 1.82) is 0 Å². The maximum atomic E-state index is 4.43. The molecule has 2 nitrogen and oxygen atoms in total. The van der Waals surface area contributed by atoms with Crippen LogP contribution in [0.3, 0.4) is 0 Å². The molecule has 0 spiro atoms. The van der Waals surface area contributed by atoms with Gasteiger partial charge in [-0.2, -0.15) is 0 Å². The zero-order chi connectivity index (χ0) is 12.0. The third kappa shape index (κ3) is 4.45. The highest BCUT2D eigenvalue weighted by Gasteiger charge is 2.08. The molecule has 88 valence electrons. The molecule has 1 heterocycles. The van der Waals surface area contributed by atoms with E-state index in [0.717, 1.165) is 23.1 Å². The lowest BCUT2D eigenvalue weighted by Gasteiger charge is -2.14. The molecule has 16 heavy (non-hydrogen) atoms. The van der Waals surface area contributed by atoms with E-state index in [9.17, 15) is 0 Å². The summed E-state index contributed by atoms with van der Waals surface area (Å²) >= 11 is 3.40. The van der Waals surface area contributed by atoms with Crippen molar-refractivity contribution in [2.75, 3.05) is 6.54 Å². The van der Waals surface area contributed by atoms with Crippen LogP contribution in [-0.4, -0.2) is 11.5 Å². The van der Waals surface area contributed by atoms with Crippen LogP contribution in [0.15, 0.2) is 34.5 Å².